The van der Waals surface area contributed by atoms with Crippen LogP contribution in [0.4, 0.5) is 5.69 Å². The van der Waals surface area contributed by atoms with Gasteiger partial charge in [0.2, 0.25) is 0 Å². The number of carbonyl (C=O) groups excluding carboxylic acids is 1. The van der Waals surface area contributed by atoms with Gasteiger partial charge in [-0.2, -0.15) is 0 Å². The lowest BCUT2D eigenvalue weighted by molar-refractivity contribution is 0.0981. The van der Waals surface area contributed by atoms with E-state index in [1.807, 2.05) is 31.2 Å². The number of fused-ring (bicyclic) bond motifs is 1. The van der Waals surface area contributed by atoms with Crippen molar-refractivity contribution in [3.05, 3.63) is 51.8 Å². The zero-order valence-electron chi connectivity index (χ0n) is 10.7. The van der Waals surface area contributed by atoms with Gasteiger partial charge in [0, 0.05) is 11.7 Å². The molecule has 4 nitrogen and oxygen atoms in total. The Morgan fingerprint density at radius 2 is 2.05 bits per heavy atom. The minimum atomic E-state index is -0.204. The largest absolute Gasteiger partial charge is 0.305 e. The number of aromatic nitrogens is 2. The number of anilines is 1. The minimum Gasteiger partial charge on any atom is -0.305 e. The van der Waals surface area contributed by atoms with Gasteiger partial charge in [-0.05, 0) is 31.0 Å². The summed E-state index contributed by atoms with van der Waals surface area (Å²) in [6.45, 7) is 2.00. The maximum atomic E-state index is 12.7. The van der Waals surface area contributed by atoms with Gasteiger partial charge in [0.1, 0.15) is 0 Å². The number of carbonyl (C=O) groups is 1. The second-order valence-corrected chi connectivity index (χ2v) is 5.47. The van der Waals surface area contributed by atoms with E-state index in [1.54, 1.807) is 4.90 Å². The van der Waals surface area contributed by atoms with Gasteiger partial charge in [-0.15, -0.1) is 10.2 Å². The van der Waals surface area contributed by atoms with Crippen LogP contribution in [-0.2, 0) is 6.42 Å². The fourth-order valence-electron chi connectivity index (χ4n) is 2.51. The quantitative estimate of drug-likeness (QED) is 0.811. The molecule has 2 aromatic rings. The lowest BCUT2D eigenvalue weighted by Gasteiger charge is -2.23. The number of benzene rings is 1. The van der Waals surface area contributed by atoms with Crippen LogP contribution >= 0.6 is 23.2 Å². The second kappa shape index (κ2) is 5.04. The highest BCUT2D eigenvalue weighted by molar-refractivity contribution is 6.34. The van der Waals surface area contributed by atoms with Crippen molar-refractivity contribution >= 4 is 34.8 Å². The summed E-state index contributed by atoms with van der Waals surface area (Å²) < 4.78 is 0. The molecule has 0 N–H and O–H groups in total. The van der Waals surface area contributed by atoms with E-state index in [-0.39, 0.29) is 27.8 Å². The predicted molar refractivity (Wildman–Crippen MR) is 78.5 cm³/mol. The third-order valence-corrected chi connectivity index (χ3v) is 3.84. The fraction of sp³-hybridized carbons (Fsp3) is 0.214. The van der Waals surface area contributed by atoms with Crippen LogP contribution < -0.4 is 4.90 Å². The second-order valence-electron chi connectivity index (χ2n) is 4.73. The molecule has 3 rings (SSSR count). The number of hydrogen-bond donors (Lipinski definition) is 0. The van der Waals surface area contributed by atoms with Gasteiger partial charge in [0.15, 0.2) is 10.3 Å². The Hall–Kier alpha value is -1.65. The van der Waals surface area contributed by atoms with Crippen molar-refractivity contribution in [1.29, 1.82) is 0 Å². The lowest BCUT2D eigenvalue weighted by atomic mass is 10.1. The SMILES string of the molecule is CC1Cc2ccccc2N1C(=O)c1cc(Cl)nnc1Cl. The monoisotopic (exact) mass is 307 g/mol. The summed E-state index contributed by atoms with van der Waals surface area (Å²) in [5, 5.41) is 7.53. The molecule has 102 valence electrons. The molecule has 0 radical (unpaired) electrons. The van der Waals surface area contributed by atoms with Gasteiger partial charge >= 0.3 is 0 Å². The third kappa shape index (κ3) is 2.15. The molecule has 1 aromatic heterocycles. The first kappa shape index (κ1) is 13.3. The lowest BCUT2D eigenvalue weighted by Crippen LogP contribution is -2.36. The van der Waals surface area contributed by atoms with Gasteiger partial charge < -0.3 is 4.90 Å². The number of para-hydroxylation sites is 1. The van der Waals surface area contributed by atoms with Crippen molar-refractivity contribution in [2.24, 2.45) is 0 Å². The molecule has 1 aliphatic heterocycles. The van der Waals surface area contributed by atoms with Crippen molar-refractivity contribution in [2.45, 2.75) is 19.4 Å². The molecule has 1 aromatic carbocycles. The van der Waals surface area contributed by atoms with Crippen molar-refractivity contribution in [3.8, 4) is 0 Å². The molecular weight excluding hydrogens is 297 g/mol. The van der Waals surface area contributed by atoms with E-state index in [0.717, 1.165) is 17.7 Å². The molecule has 0 saturated carbocycles. The summed E-state index contributed by atoms with van der Waals surface area (Å²) in [4.78, 5) is 14.4. The summed E-state index contributed by atoms with van der Waals surface area (Å²) in [7, 11) is 0. The zero-order chi connectivity index (χ0) is 14.3. The average Bonchev–Trinajstić information content (AvgIpc) is 2.76. The topological polar surface area (TPSA) is 46.1 Å². The number of nitrogens with zero attached hydrogens (tertiary/aromatic N) is 3. The molecule has 1 amide bonds. The minimum absolute atomic E-state index is 0.0657. The van der Waals surface area contributed by atoms with Crippen LogP contribution in [0.2, 0.25) is 10.3 Å². The maximum Gasteiger partial charge on any atom is 0.261 e. The van der Waals surface area contributed by atoms with E-state index >= 15 is 0 Å². The van der Waals surface area contributed by atoms with E-state index in [0.29, 0.717) is 0 Å². The van der Waals surface area contributed by atoms with Crippen molar-refractivity contribution < 1.29 is 4.79 Å². The summed E-state index contributed by atoms with van der Waals surface area (Å²) in [5.74, 6) is -0.204. The van der Waals surface area contributed by atoms with Crippen LogP contribution in [-0.4, -0.2) is 22.1 Å². The Morgan fingerprint density at radius 1 is 1.30 bits per heavy atom. The van der Waals surface area contributed by atoms with Gasteiger partial charge in [0.05, 0.1) is 5.56 Å². The van der Waals surface area contributed by atoms with Gasteiger partial charge in [-0.1, -0.05) is 41.4 Å². The molecule has 0 aliphatic carbocycles. The molecule has 20 heavy (non-hydrogen) atoms. The summed E-state index contributed by atoms with van der Waals surface area (Å²) in [6, 6.07) is 9.36. The fourth-order valence-corrected chi connectivity index (χ4v) is 2.83. The molecule has 6 heteroatoms. The summed E-state index contributed by atoms with van der Waals surface area (Å²) in [5.41, 5.74) is 2.34. The molecular formula is C14H11Cl2N3O. The smallest absolute Gasteiger partial charge is 0.261 e. The van der Waals surface area contributed by atoms with Crippen LogP contribution in [0.3, 0.4) is 0 Å². The summed E-state index contributed by atoms with van der Waals surface area (Å²) >= 11 is 11.8. The first-order chi connectivity index (χ1) is 9.58. The van der Waals surface area contributed by atoms with Crippen LogP contribution in [0.5, 0.6) is 0 Å². The molecule has 0 saturated heterocycles. The number of amides is 1. The highest BCUT2D eigenvalue weighted by atomic mass is 35.5. The Morgan fingerprint density at radius 3 is 2.85 bits per heavy atom. The van der Waals surface area contributed by atoms with E-state index in [4.69, 9.17) is 23.2 Å². The number of halogens is 2. The molecule has 0 fully saturated rings. The highest BCUT2D eigenvalue weighted by Gasteiger charge is 2.32. The maximum absolute atomic E-state index is 12.7. The van der Waals surface area contributed by atoms with Crippen LogP contribution in [0.1, 0.15) is 22.8 Å². The molecule has 0 bridgehead atoms. The predicted octanol–water partition coefficient (Wildman–Crippen LogP) is 3.37. The van der Waals surface area contributed by atoms with Crippen LogP contribution in [0.25, 0.3) is 0 Å². The molecule has 0 spiro atoms. The van der Waals surface area contributed by atoms with Crippen molar-refractivity contribution in [3.63, 3.8) is 0 Å². The molecule has 1 aliphatic rings. The standard InChI is InChI=1S/C14H11Cl2N3O/c1-8-6-9-4-2-3-5-11(9)19(8)14(20)10-7-12(15)17-18-13(10)16/h2-5,7-8H,6H2,1H3. The first-order valence-corrected chi connectivity index (χ1v) is 6.93. The Kier molecular flexibility index (Phi) is 3.36. The van der Waals surface area contributed by atoms with Gasteiger partial charge in [0.25, 0.3) is 5.91 Å². The Bertz CT molecular complexity index is 690. The van der Waals surface area contributed by atoms with Crippen molar-refractivity contribution in [2.75, 3.05) is 4.90 Å². The zero-order valence-corrected chi connectivity index (χ0v) is 12.2. The third-order valence-electron chi connectivity index (χ3n) is 3.38. The number of hydrogen-bond acceptors (Lipinski definition) is 3. The van der Waals surface area contributed by atoms with Gasteiger partial charge in [-0.25, -0.2) is 0 Å². The summed E-state index contributed by atoms with van der Waals surface area (Å²) in [6.07, 6.45) is 0.825. The van der Waals surface area contributed by atoms with E-state index in [2.05, 4.69) is 10.2 Å². The van der Waals surface area contributed by atoms with E-state index < -0.39 is 0 Å². The van der Waals surface area contributed by atoms with E-state index in [9.17, 15) is 4.79 Å². The Labute approximate surface area is 126 Å². The normalized spacial score (nSPS) is 17.1. The van der Waals surface area contributed by atoms with Crippen LogP contribution in [0, 0.1) is 0 Å². The van der Waals surface area contributed by atoms with Crippen LogP contribution in [0.15, 0.2) is 30.3 Å². The first-order valence-electron chi connectivity index (χ1n) is 6.18. The highest BCUT2D eigenvalue weighted by Crippen LogP contribution is 2.33. The van der Waals surface area contributed by atoms with Crippen molar-refractivity contribution in [1.82, 2.24) is 10.2 Å². The average molecular weight is 308 g/mol. The van der Waals surface area contributed by atoms with Gasteiger partial charge in [-0.3, -0.25) is 4.79 Å². The van der Waals surface area contributed by atoms with E-state index in [1.165, 1.54) is 6.07 Å². The molecule has 1 atom stereocenters. The number of rotatable bonds is 1. The Balaban J connectivity index is 2.05. The molecule has 1 unspecified atom stereocenters. The molecule has 2 heterocycles.